The normalized spacial score (nSPS) is 14.5. The smallest absolute Gasteiger partial charge is 0.0972 e. The standard InChI is InChI=1S/C15H30O2/c1-7-12(8-2)14(16-5)11-15(17-6)13(9-3)10-4/h11-14H,7-10H2,1-6H3/b15-11-. The first-order chi connectivity index (χ1) is 8.18. The summed E-state index contributed by atoms with van der Waals surface area (Å²) in [6.45, 7) is 8.86. The van der Waals surface area contributed by atoms with Crippen molar-refractivity contribution < 1.29 is 9.47 Å². The first kappa shape index (κ1) is 16.5. The van der Waals surface area contributed by atoms with Gasteiger partial charge in [-0.2, -0.15) is 0 Å². The highest BCUT2D eigenvalue weighted by Crippen LogP contribution is 2.24. The third kappa shape index (κ3) is 5.12. The van der Waals surface area contributed by atoms with Gasteiger partial charge >= 0.3 is 0 Å². The molecule has 102 valence electrons. The molecule has 0 aromatic carbocycles. The molecule has 0 spiro atoms. The van der Waals surface area contributed by atoms with Crippen LogP contribution in [0, 0.1) is 11.8 Å². The van der Waals surface area contributed by atoms with Crippen LogP contribution < -0.4 is 0 Å². The Morgan fingerprint density at radius 2 is 1.47 bits per heavy atom. The number of allylic oxidation sites excluding steroid dienone is 1. The van der Waals surface area contributed by atoms with E-state index in [0.717, 1.165) is 31.4 Å². The van der Waals surface area contributed by atoms with Gasteiger partial charge < -0.3 is 9.47 Å². The highest BCUT2D eigenvalue weighted by molar-refractivity contribution is 5.03. The molecule has 0 aromatic rings. The van der Waals surface area contributed by atoms with Crippen LogP contribution >= 0.6 is 0 Å². The average molecular weight is 242 g/mol. The first-order valence-electron chi connectivity index (χ1n) is 6.96. The molecule has 0 aliphatic rings. The van der Waals surface area contributed by atoms with Gasteiger partial charge in [0.15, 0.2) is 0 Å². The number of methoxy groups -OCH3 is 2. The molecule has 0 saturated heterocycles. The molecule has 2 nitrogen and oxygen atoms in total. The van der Waals surface area contributed by atoms with Gasteiger partial charge in [0.25, 0.3) is 0 Å². The van der Waals surface area contributed by atoms with Crippen molar-refractivity contribution in [2.75, 3.05) is 14.2 Å². The van der Waals surface area contributed by atoms with E-state index in [1.54, 1.807) is 14.2 Å². The van der Waals surface area contributed by atoms with Crippen molar-refractivity contribution in [3.63, 3.8) is 0 Å². The largest absolute Gasteiger partial charge is 0.501 e. The molecule has 0 amide bonds. The minimum absolute atomic E-state index is 0.181. The highest BCUT2D eigenvalue weighted by atomic mass is 16.5. The van der Waals surface area contributed by atoms with Crippen LogP contribution in [-0.4, -0.2) is 20.3 Å². The number of hydrogen-bond acceptors (Lipinski definition) is 2. The fourth-order valence-corrected chi connectivity index (χ4v) is 2.37. The monoisotopic (exact) mass is 242 g/mol. The predicted octanol–water partition coefficient (Wildman–Crippen LogP) is 4.40. The Kier molecular flexibility index (Phi) is 9.24. The van der Waals surface area contributed by atoms with Crippen molar-refractivity contribution in [2.24, 2.45) is 11.8 Å². The Morgan fingerprint density at radius 3 is 1.76 bits per heavy atom. The van der Waals surface area contributed by atoms with E-state index in [0.29, 0.717) is 11.8 Å². The molecule has 1 atom stereocenters. The van der Waals surface area contributed by atoms with Crippen LogP contribution in [0.25, 0.3) is 0 Å². The van der Waals surface area contributed by atoms with Gasteiger partial charge in [0.2, 0.25) is 0 Å². The maximum Gasteiger partial charge on any atom is 0.0972 e. The van der Waals surface area contributed by atoms with Crippen molar-refractivity contribution in [1.29, 1.82) is 0 Å². The zero-order valence-corrected chi connectivity index (χ0v) is 12.5. The second kappa shape index (κ2) is 9.52. The summed E-state index contributed by atoms with van der Waals surface area (Å²) in [6.07, 6.45) is 6.90. The van der Waals surface area contributed by atoms with Crippen molar-refractivity contribution in [2.45, 2.75) is 59.5 Å². The van der Waals surface area contributed by atoms with Crippen LogP contribution in [0.3, 0.4) is 0 Å². The molecular formula is C15H30O2. The van der Waals surface area contributed by atoms with Crippen LogP contribution in [0.1, 0.15) is 53.4 Å². The van der Waals surface area contributed by atoms with Crippen LogP contribution in [0.4, 0.5) is 0 Å². The third-order valence-corrected chi connectivity index (χ3v) is 3.74. The van der Waals surface area contributed by atoms with Gasteiger partial charge in [-0.25, -0.2) is 0 Å². The minimum Gasteiger partial charge on any atom is -0.501 e. The third-order valence-electron chi connectivity index (χ3n) is 3.74. The Labute approximate surface area is 107 Å². The molecule has 17 heavy (non-hydrogen) atoms. The summed E-state index contributed by atoms with van der Waals surface area (Å²) in [4.78, 5) is 0. The molecule has 0 aromatic heterocycles. The van der Waals surface area contributed by atoms with E-state index in [4.69, 9.17) is 9.47 Å². The Hall–Kier alpha value is -0.500. The van der Waals surface area contributed by atoms with Crippen molar-refractivity contribution in [3.05, 3.63) is 11.8 Å². The lowest BCUT2D eigenvalue weighted by Crippen LogP contribution is -2.21. The second-order valence-corrected chi connectivity index (χ2v) is 4.56. The second-order valence-electron chi connectivity index (χ2n) is 4.56. The molecule has 0 rings (SSSR count). The lowest BCUT2D eigenvalue weighted by atomic mass is 9.93. The van der Waals surface area contributed by atoms with Crippen LogP contribution in [-0.2, 0) is 9.47 Å². The summed E-state index contributed by atoms with van der Waals surface area (Å²) in [5.74, 6) is 2.19. The van der Waals surface area contributed by atoms with Crippen molar-refractivity contribution in [3.8, 4) is 0 Å². The van der Waals surface area contributed by atoms with Gasteiger partial charge in [-0.1, -0.05) is 40.5 Å². The molecule has 0 aliphatic carbocycles. The maximum absolute atomic E-state index is 5.61. The fourth-order valence-electron chi connectivity index (χ4n) is 2.37. The lowest BCUT2D eigenvalue weighted by molar-refractivity contribution is 0.0798. The van der Waals surface area contributed by atoms with Gasteiger partial charge in [0.1, 0.15) is 0 Å². The summed E-state index contributed by atoms with van der Waals surface area (Å²) in [5, 5.41) is 0. The van der Waals surface area contributed by atoms with Crippen molar-refractivity contribution in [1.82, 2.24) is 0 Å². The van der Waals surface area contributed by atoms with Gasteiger partial charge in [-0.15, -0.1) is 0 Å². The fraction of sp³-hybridized carbons (Fsp3) is 0.867. The molecule has 2 heteroatoms. The molecule has 0 bridgehead atoms. The quantitative estimate of drug-likeness (QED) is 0.558. The summed E-state index contributed by atoms with van der Waals surface area (Å²) < 4.78 is 11.2. The van der Waals surface area contributed by atoms with E-state index in [2.05, 4.69) is 33.8 Å². The lowest BCUT2D eigenvalue weighted by Gasteiger charge is -2.24. The van der Waals surface area contributed by atoms with Crippen LogP contribution in [0.15, 0.2) is 11.8 Å². The Bertz CT molecular complexity index is 203. The molecule has 0 heterocycles. The van der Waals surface area contributed by atoms with Gasteiger partial charge in [-0.3, -0.25) is 0 Å². The van der Waals surface area contributed by atoms with Crippen LogP contribution in [0.5, 0.6) is 0 Å². The van der Waals surface area contributed by atoms with E-state index in [9.17, 15) is 0 Å². The topological polar surface area (TPSA) is 18.5 Å². The van der Waals surface area contributed by atoms with Crippen molar-refractivity contribution >= 4 is 0 Å². The Balaban J connectivity index is 4.86. The zero-order valence-electron chi connectivity index (χ0n) is 12.5. The number of hydrogen-bond donors (Lipinski definition) is 0. The predicted molar refractivity (Wildman–Crippen MR) is 74.0 cm³/mol. The summed E-state index contributed by atoms with van der Waals surface area (Å²) in [5.41, 5.74) is 0. The summed E-state index contributed by atoms with van der Waals surface area (Å²) in [7, 11) is 3.56. The van der Waals surface area contributed by atoms with Crippen LogP contribution in [0.2, 0.25) is 0 Å². The average Bonchev–Trinajstić information content (AvgIpc) is 2.37. The number of ether oxygens (including phenoxy) is 2. The molecule has 0 aliphatic heterocycles. The zero-order chi connectivity index (χ0) is 13.3. The molecule has 0 saturated carbocycles. The van der Waals surface area contributed by atoms with E-state index >= 15 is 0 Å². The van der Waals surface area contributed by atoms with E-state index in [-0.39, 0.29) is 6.10 Å². The molecule has 0 fully saturated rings. The van der Waals surface area contributed by atoms with E-state index in [1.165, 1.54) is 0 Å². The van der Waals surface area contributed by atoms with Gasteiger partial charge in [0.05, 0.1) is 19.0 Å². The molecular weight excluding hydrogens is 212 g/mol. The minimum atomic E-state index is 0.181. The highest BCUT2D eigenvalue weighted by Gasteiger charge is 2.19. The Morgan fingerprint density at radius 1 is 0.941 bits per heavy atom. The summed E-state index contributed by atoms with van der Waals surface area (Å²) >= 11 is 0. The first-order valence-corrected chi connectivity index (χ1v) is 6.96. The summed E-state index contributed by atoms with van der Waals surface area (Å²) in [6, 6.07) is 0. The SMILES string of the molecule is CCC(CC)/C(=C/C(OC)C(CC)CC)OC. The number of rotatable bonds is 9. The molecule has 1 unspecified atom stereocenters. The van der Waals surface area contributed by atoms with E-state index < -0.39 is 0 Å². The van der Waals surface area contributed by atoms with Gasteiger partial charge in [-0.05, 0) is 24.8 Å². The maximum atomic E-state index is 5.61. The molecule has 0 radical (unpaired) electrons. The van der Waals surface area contributed by atoms with Gasteiger partial charge in [0, 0.05) is 13.0 Å². The van der Waals surface area contributed by atoms with E-state index in [1.807, 2.05) is 0 Å². The molecule has 0 N–H and O–H groups in total.